The van der Waals surface area contributed by atoms with Gasteiger partial charge in [-0.3, -0.25) is 4.79 Å². The Morgan fingerprint density at radius 3 is 2.54 bits per heavy atom. The summed E-state index contributed by atoms with van der Waals surface area (Å²) in [5.74, 6) is 0.404. The number of nitrogens with one attached hydrogen (secondary N) is 3. The van der Waals surface area contributed by atoms with Crippen LogP contribution in [0.2, 0.25) is 0 Å². The quantitative estimate of drug-likeness (QED) is 0.673. The van der Waals surface area contributed by atoms with Crippen LogP contribution in [0.25, 0.3) is 0 Å². The Balaban J connectivity index is 1.70. The first kappa shape index (κ1) is 17.9. The van der Waals surface area contributed by atoms with E-state index >= 15 is 0 Å². The Hall–Kier alpha value is -2.41. The monoisotopic (exact) mass is 347 g/mol. The molecule has 0 aliphatic carbocycles. The van der Waals surface area contributed by atoms with Crippen LogP contribution in [0, 0.1) is 0 Å². The average molecular weight is 347 g/mol. The van der Waals surface area contributed by atoms with Crippen LogP contribution in [0.1, 0.15) is 24.3 Å². The van der Waals surface area contributed by atoms with Crippen molar-refractivity contribution in [1.29, 1.82) is 0 Å². The number of benzene rings is 1. The van der Waals surface area contributed by atoms with E-state index in [1.54, 1.807) is 23.9 Å². The molecule has 0 fully saturated rings. The van der Waals surface area contributed by atoms with Gasteiger partial charge in [0.05, 0.1) is 25.4 Å². The molecule has 128 valence electrons. The molecule has 0 saturated heterocycles. The van der Waals surface area contributed by atoms with Gasteiger partial charge in [-0.05, 0) is 43.0 Å². The van der Waals surface area contributed by atoms with Crippen molar-refractivity contribution >= 4 is 23.7 Å². The second kappa shape index (κ2) is 9.02. The Labute approximate surface area is 145 Å². The predicted molar refractivity (Wildman–Crippen MR) is 93.7 cm³/mol. The second-order valence-electron chi connectivity index (χ2n) is 5.18. The highest BCUT2D eigenvalue weighted by Gasteiger charge is 2.11. The predicted octanol–water partition coefficient (Wildman–Crippen LogP) is 2.68. The summed E-state index contributed by atoms with van der Waals surface area (Å²) in [6.45, 7) is 2.10. The molecular weight excluding hydrogens is 326 g/mol. The topological polar surface area (TPSA) is 83.4 Å². The number of carbonyl (C=O) groups is 2. The number of furan rings is 1. The first-order valence-corrected chi connectivity index (χ1v) is 8.78. The highest BCUT2D eigenvalue weighted by atomic mass is 32.2. The van der Waals surface area contributed by atoms with Gasteiger partial charge < -0.3 is 20.4 Å². The van der Waals surface area contributed by atoms with Gasteiger partial charge in [0.25, 0.3) is 0 Å². The third-order valence-corrected chi connectivity index (χ3v) is 4.15. The zero-order valence-corrected chi connectivity index (χ0v) is 14.5. The molecule has 2 aromatic rings. The van der Waals surface area contributed by atoms with Crippen LogP contribution in [0.15, 0.2) is 52.0 Å². The maximum Gasteiger partial charge on any atom is 0.315 e. The highest BCUT2D eigenvalue weighted by molar-refractivity contribution is 7.98. The van der Waals surface area contributed by atoms with E-state index in [0.717, 1.165) is 5.56 Å². The first-order chi connectivity index (χ1) is 11.6. The van der Waals surface area contributed by atoms with Crippen molar-refractivity contribution in [3.63, 3.8) is 0 Å². The van der Waals surface area contributed by atoms with Crippen LogP contribution in [0.5, 0.6) is 0 Å². The second-order valence-corrected chi connectivity index (χ2v) is 6.06. The van der Waals surface area contributed by atoms with E-state index in [0.29, 0.717) is 5.76 Å². The molecule has 6 nitrogen and oxygen atoms in total. The van der Waals surface area contributed by atoms with E-state index in [1.165, 1.54) is 11.2 Å². The van der Waals surface area contributed by atoms with Crippen LogP contribution in [0.4, 0.5) is 4.79 Å². The first-order valence-electron chi connectivity index (χ1n) is 7.56. The molecule has 0 bridgehead atoms. The molecular formula is C17H21N3O3S. The SMILES string of the molecule is CSc1ccc([C@@H](C)NC(=O)CNC(=O)NCc2ccco2)cc1. The van der Waals surface area contributed by atoms with Crippen LogP contribution < -0.4 is 16.0 Å². The maximum absolute atomic E-state index is 11.9. The molecule has 0 saturated carbocycles. The Morgan fingerprint density at radius 2 is 1.92 bits per heavy atom. The fraction of sp³-hybridized carbons (Fsp3) is 0.294. The van der Waals surface area contributed by atoms with Crippen molar-refractivity contribution < 1.29 is 14.0 Å². The average Bonchev–Trinajstić information content (AvgIpc) is 3.11. The third kappa shape index (κ3) is 5.66. The standard InChI is InChI=1S/C17H21N3O3S/c1-12(13-5-7-15(24-2)8-6-13)20-16(21)11-19-17(22)18-10-14-4-3-9-23-14/h3-9,12H,10-11H2,1-2H3,(H,20,21)(H2,18,19,22)/t12-/m1/s1. The molecule has 0 radical (unpaired) electrons. The number of hydrogen-bond acceptors (Lipinski definition) is 4. The normalized spacial score (nSPS) is 11.6. The minimum absolute atomic E-state index is 0.0861. The number of amides is 3. The van der Waals surface area contributed by atoms with Gasteiger partial charge in [-0.25, -0.2) is 4.79 Å². The lowest BCUT2D eigenvalue weighted by atomic mass is 10.1. The van der Waals surface area contributed by atoms with Gasteiger partial charge in [0.15, 0.2) is 0 Å². The van der Waals surface area contributed by atoms with Crippen molar-refractivity contribution in [1.82, 2.24) is 16.0 Å². The molecule has 1 heterocycles. The lowest BCUT2D eigenvalue weighted by molar-refractivity contribution is -0.120. The van der Waals surface area contributed by atoms with Crippen LogP contribution in [-0.2, 0) is 11.3 Å². The summed E-state index contributed by atoms with van der Waals surface area (Å²) in [6.07, 6.45) is 3.55. The van der Waals surface area contributed by atoms with Gasteiger partial charge >= 0.3 is 6.03 Å². The van der Waals surface area contributed by atoms with Crippen molar-refractivity contribution in [3.8, 4) is 0 Å². The lowest BCUT2D eigenvalue weighted by Crippen LogP contribution is -2.42. The molecule has 7 heteroatoms. The van der Waals surface area contributed by atoms with E-state index in [-0.39, 0.29) is 25.0 Å². The molecule has 0 aliphatic heterocycles. The van der Waals surface area contributed by atoms with Gasteiger partial charge in [-0.1, -0.05) is 12.1 Å². The highest BCUT2D eigenvalue weighted by Crippen LogP contribution is 2.18. The summed E-state index contributed by atoms with van der Waals surface area (Å²) in [7, 11) is 0. The van der Waals surface area contributed by atoms with Gasteiger partial charge in [-0.2, -0.15) is 0 Å². The summed E-state index contributed by atoms with van der Waals surface area (Å²) >= 11 is 1.67. The number of hydrogen-bond donors (Lipinski definition) is 3. The molecule has 24 heavy (non-hydrogen) atoms. The zero-order chi connectivity index (χ0) is 17.4. The molecule has 3 N–H and O–H groups in total. The summed E-state index contributed by atoms with van der Waals surface area (Å²) in [5.41, 5.74) is 1.02. The van der Waals surface area contributed by atoms with Crippen molar-refractivity contribution in [2.45, 2.75) is 24.4 Å². The van der Waals surface area contributed by atoms with E-state index < -0.39 is 6.03 Å². The molecule has 2 rings (SSSR count). The molecule has 0 aliphatic rings. The van der Waals surface area contributed by atoms with Gasteiger partial charge in [0.1, 0.15) is 5.76 Å². The largest absolute Gasteiger partial charge is 0.467 e. The number of rotatable bonds is 7. The van der Waals surface area contributed by atoms with Gasteiger partial charge in [0, 0.05) is 4.90 Å². The van der Waals surface area contributed by atoms with E-state index in [4.69, 9.17) is 4.42 Å². The maximum atomic E-state index is 11.9. The van der Waals surface area contributed by atoms with Crippen LogP contribution in [0.3, 0.4) is 0 Å². The molecule has 0 spiro atoms. The van der Waals surface area contributed by atoms with Crippen LogP contribution in [-0.4, -0.2) is 24.7 Å². The Kier molecular flexibility index (Phi) is 6.74. The van der Waals surface area contributed by atoms with E-state index in [2.05, 4.69) is 16.0 Å². The summed E-state index contributed by atoms with van der Waals surface area (Å²) < 4.78 is 5.10. The minimum Gasteiger partial charge on any atom is -0.467 e. The van der Waals surface area contributed by atoms with E-state index in [9.17, 15) is 9.59 Å². The Bertz CT molecular complexity index is 656. The minimum atomic E-state index is -0.418. The number of urea groups is 1. The smallest absolute Gasteiger partial charge is 0.315 e. The van der Waals surface area contributed by atoms with Crippen molar-refractivity contribution in [3.05, 3.63) is 54.0 Å². The third-order valence-electron chi connectivity index (χ3n) is 3.41. The zero-order valence-electron chi connectivity index (χ0n) is 13.7. The summed E-state index contributed by atoms with van der Waals surface area (Å²) in [6, 6.07) is 11.0. The van der Waals surface area contributed by atoms with Gasteiger partial charge in [0.2, 0.25) is 5.91 Å². The van der Waals surface area contributed by atoms with E-state index in [1.807, 2.05) is 37.4 Å². The fourth-order valence-corrected chi connectivity index (χ4v) is 2.48. The van der Waals surface area contributed by atoms with Crippen molar-refractivity contribution in [2.24, 2.45) is 0 Å². The van der Waals surface area contributed by atoms with Crippen LogP contribution >= 0.6 is 11.8 Å². The summed E-state index contributed by atoms with van der Waals surface area (Å²) in [4.78, 5) is 24.7. The molecule has 0 unspecified atom stereocenters. The molecule has 1 aromatic heterocycles. The Morgan fingerprint density at radius 1 is 1.17 bits per heavy atom. The number of carbonyl (C=O) groups excluding carboxylic acids is 2. The molecule has 1 atom stereocenters. The molecule has 3 amide bonds. The molecule has 1 aromatic carbocycles. The lowest BCUT2D eigenvalue weighted by Gasteiger charge is -2.15. The van der Waals surface area contributed by atoms with Crippen molar-refractivity contribution in [2.75, 3.05) is 12.8 Å². The van der Waals surface area contributed by atoms with Gasteiger partial charge in [-0.15, -0.1) is 11.8 Å². The number of thioether (sulfide) groups is 1. The fourth-order valence-electron chi connectivity index (χ4n) is 2.07. The summed E-state index contributed by atoms with van der Waals surface area (Å²) in [5, 5.41) is 7.98.